The summed E-state index contributed by atoms with van der Waals surface area (Å²) in [6, 6.07) is 18.9. The molecule has 0 aliphatic rings. The van der Waals surface area contributed by atoms with E-state index >= 15 is 0 Å². The highest BCUT2D eigenvalue weighted by molar-refractivity contribution is 5.93. The zero-order valence-corrected chi connectivity index (χ0v) is 14.7. The summed E-state index contributed by atoms with van der Waals surface area (Å²) in [5, 5.41) is 4.60. The van der Waals surface area contributed by atoms with Crippen LogP contribution in [0.4, 0.5) is 14.5 Å². The Morgan fingerprint density at radius 1 is 0.929 bits per heavy atom. The summed E-state index contributed by atoms with van der Waals surface area (Å²) < 4.78 is 33.4. The van der Waals surface area contributed by atoms with Crippen LogP contribution in [-0.2, 0) is 20.7 Å². The van der Waals surface area contributed by atoms with Gasteiger partial charge in [-0.15, -0.1) is 0 Å². The number of hydrogen-bond donors (Lipinski definition) is 1. The summed E-state index contributed by atoms with van der Waals surface area (Å²) in [6.07, 6.45) is 0.0534. The average molecular weight is 385 g/mol. The molecule has 0 bridgehead atoms. The fraction of sp³-hybridized carbons (Fsp3) is 0.143. The lowest BCUT2D eigenvalue weighted by Crippen LogP contribution is -2.21. The molecular formula is C21H17F2NO4. The van der Waals surface area contributed by atoms with Gasteiger partial charge in [0.2, 0.25) is 0 Å². The van der Waals surface area contributed by atoms with Crippen molar-refractivity contribution in [2.75, 3.05) is 11.9 Å². The third kappa shape index (κ3) is 5.51. The van der Waals surface area contributed by atoms with Gasteiger partial charge in [0.25, 0.3) is 5.91 Å². The molecule has 0 aromatic heterocycles. The van der Waals surface area contributed by atoms with Crippen molar-refractivity contribution in [1.82, 2.24) is 0 Å². The monoisotopic (exact) mass is 385 g/mol. The molecule has 144 valence electrons. The minimum absolute atomic E-state index is 0.0187. The molecule has 0 saturated heterocycles. The number of nitrogens with one attached hydrogen (secondary N) is 1. The van der Waals surface area contributed by atoms with E-state index in [-0.39, 0.29) is 12.2 Å². The number of anilines is 1. The van der Waals surface area contributed by atoms with Crippen LogP contribution in [0.1, 0.15) is 5.56 Å². The number of carbonyl (C=O) groups excluding carboxylic acids is 2. The smallest absolute Gasteiger partial charge is 0.387 e. The van der Waals surface area contributed by atoms with Crippen LogP contribution in [0.25, 0.3) is 10.8 Å². The van der Waals surface area contributed by atoms with Crippen LogP contribution in [-0.4, -0.2) is 25.1 Å². The topological polar surface area (TPSA) is 64.6 Å². The number of esters is 1. The van der Waals surface area contributed by atoms with Gasteiger partial charge < -0.3 is 14.8 Å². The molecule has 5 nitrogen and oxygen atoms in total. The molecule has 0 aliphatic heterocycles. The largest absolute Gasteiger partial charge is 0.455 e. The Labute approximate surface area is 159 Å². The summed E-state index contributed by atoms with van der Waals surface area (Å²) in [6.45, 7) is -3.36. The van der Waals surface area contributed by atoms with Crippen molar-refractivity contribution in [1.29, 1.82) is 0 Å². The first kappa shape index (κ1) is 19.3. The molecule has 1 N–H and O–H groups in total. The molecule has 0 radical (unpaired) electrons. The molecule has 0 spiro atoms. The first-order chi connectivity index (χ1) is 13.5. The van der Waals surface area contributed by atoms with Gasteiger partial charge in [0.1, 0.15) is 5.75 Å². The molecule has 28 heavy (non-hydrogen) atoms. The van der Waals surface area contributed by atoms with E-state index in [1.165, 1.54) is 24.3 Å². The summed E-state index contributed by atoms with van der Waals surface area (Å²) >= 11 is 0. The molecule has 0 heterocycles. The molecule has 3 aromatic carbocycles. The van der Waals surface area contributed by atoms with Crippen LogP contribution >= 0.6 is 0 Å². The van der Waals surface area contributed by atoms with Gasteiger partial charge in [0.05, 0.1) is 6.42 Å². The standard InChI is InChI=1S/C21H17F2NO4/c22-21(23)28-18-9-7-17(8-10-18)24-19(25)13-27-20(26)12-14-5-6-15-3-1-2-4-16(15)11-14/h1-11,21H,12-13H2,(H,24,25). The fourth-order valence-corrected chi connectivity index (χ4v) is 2.63. The number of alkyl halides is 2. The first-order valence-corrected chi connectivity index (χ1v) is 8.47. The molecule has 0 aliphatic carbocycles. The maximum Gasteiger partial charge on any atom is 0.387 e. The molecule has 0 atom stereocenters. The highest BCUT2D eigenvalue weighted by atomic mass is 19.3. The lowest BCUT2D eigenvalue weighted by atomic mass is 10.1. The van der Waals surface area contributed by atoms with Crippen molar-refractivity contribution in [2.45, 2.75) is 13.0 Å². The van der Waals surface area contributed by atoms with Crippen molar-refractivity contribution >= 4 is 28.3 Å². The second-order valence-corrected chi connectivity index (χ2v) is 5.97. The van der Waals surface area contributed by atoms with Gasteiger partial charge in [0.15, 0.2) is 6.61 Å². The van der Waals surface area contributed by atoms with Crippen molar-refractivity contribution < 1.29 is 27.8 Å². The van der Waals surface area contributed by atoms with E-state index in [4.69, 9.17) is 4.74 Å². The number of benzene rings is 3. The van der Waals surface area contributed by atoms with Crippen molar-refractivity contribution in [3.63, 3.8) is 0 Å². The van der Waals surface area contributed by atoms with Crippen LogP contribution in [0.3, 0.4) is 0 Å². The predicted molar refractivity (Wildman–Crippen MR) is 100 cm³/mol. The second-order valence-electron chi connectivity index (χ2n) is 5.97. The van der Waals surface area contributed by atoms with Crippen molar-refractivity contribution in [2.24, 2.45) is 0 Å². The van der Waals surface area contributed by atoms with E-state index in [2.05, 4.69) is 10.1 Å². The third-order valence-corrected chi connectivity index (χ3v) is 3.89. The first-order valence-electron chi connectivity index (χ1n) is 8.47. The van der Waals surface area contributed by atoms with Gasteiger partial charge >= 0.3 is 12.6 Å². The van der Waals surface area contributed by atoms with Crippen molar-refractivity contribution in [3.05, 3.63) is 72.3 Å². The minimum Gasteiger partial charge on any atom is -0.455 e. The summed E-state index contributed by atoms with van der Waals surface area (Å²) in [7, 11) is 0. The summed E-state index contributed by atoms with van der Waals surface area (Å²) in [4.78, 5) is 23.8. The van der Waals surface area contributed by atoms with E-state index in [9.17, 15) is 18.4 Å². The Balaban J connectivity index is 1.47. The van der Waals surface area contributed by atoms with E-state index in [1.807, 2.05) is 42.5 Å². The van der Waals surface area contributed by atoms with Gasteiger partial charge in [0, 0.05) is 5.69 Å². The Bertz CT molecular complexity index is 974. The van der Waals surface area contributed by atoms with Gasteiger partial charge in [-0.1, -0.05) is 42.5 Å². The fourth-order valence-electron chi connectivity index (χ4n) is 2.63. The van der Waals surface area contributed by atoms with Gasteiger partial charge in [-0.2, -0.15) is 8.78 Å². The third-order valence-electron chi connectivity index (χ3n) is 3.89. The molecule has 3 aromatic rings. The summed E-state index contributed by atoms with van der Waals surface area (Å²) in [5.74, 6) is -1.07. The van der Waals surface area contributed by atoms with Crippen LogP contribution in [0, 0.1) is 0 Å². The van der Waals surface area contributed by atoms with Gasteiger partial charge in [-0.25, -0.2) is 0 Å². The highest BCUT2D eigenvalue weighted by Gasteiger charge is 2.10. The quantitative estimate of drug-likeness (QED) is 0.620. The number of fused-ring (bicyclic) bond motifs is 1. The Kier molecular flexibility index (Phi) is 6.16. The van der Waals surface area contributed by atoms with Gasteiger partial charge in [-0.05, 0) is 40.6 Å². The number of halogens is 2. The van der Waals surface area contributed by atoms with E-state index in [0.29, 0.717) is 5.69 Å². The number of amides is 1. The van der Waals surface area contributed by atoms with Gasteiger partial charge in [-0.3, -0.25) is 9.59 Å². The number of carbonyl (C=O) groups is 2. The highest BCUT2D eigenvalue weighted by Crippen LogP contribution is 2.18. The second kappa shape index (κ2) is 8.94. The average Bonchev–Trinajstić information content (AvgIpc) is 2.67. The van der Waals surface area contributed by atoms with E-state index in [0.717, 1.165) is 16.3 Å². The Morgan fingerprint density at radius 3 is 2.36 bits per heavy atom. The maximum atomic E-state index is 12.1. The van der Waals surface area contributed by atoms with Crippen molar-refractivity contribution in [3.8, 4) is 5.75 Å². The number of ether oxygens (including phenoxy) is 2. The normalized spacial score (nSPS) is 10.7. The summed E-state index contributed by atoms with van der Waals surface area (Å²) in [5.41, 5.74) is 1.16. The van der Waals surface area contributed by atoms with Crippen LogP contribution in [0.2, 0.25) is 0 Å². The molecule has 3 rings (SSSR count). The van der Waals surface area contributed by atoms with Crippen LogP contribution in [0.5, 0.6) is 5.75 Å². The molecule has 0 unspecified atom stereocenters. The Hall–Kier alpha value is -3.48. The lowest BCUT2D eigenvalue weighted by Gasteiger charge is -2.08. The SMILES string of the molecule is O=C(COC(=O)Cc1ccc2ccccc2c1)Nc1ccc(OC(F)F)cc1. The van der Waals surface area contributed by atoms with Crippen LogP contribution in [0.15, 0.2) is 66.7 Å². The lowest BCUT2D eigenvalue weighted by molar-refractivity contribution is -0.146. The molecule has 0 saturated carbocycles. The Morgan fingerprint density at radius 2 is 1.64 bits per heavy atom. The number of rotatable bonds is 7. The molecular weight excluding hydrogens is 368 g/mol. The van der Waals surface area contributed by atoms with Crippen LogP contribution < -0.4 is 10.1 Å². The zero-order valence-electron chi connectivity index (χ0n) is 14.7. The number of hydrogen-bond acceptors (Lipinski definition) is 4. The predicted octanol–water partition coefficient (Wildman–Crippen LogP) is 4.17. The van der Waals surface area contributed by atoms with E-state index < -0.39 is 25.1 Å². The van der Waals surface area contributed by atoms with E-state index in [1.54, 1.807) is 0 Å². The zero-order chi connectivity index (χ0) is 19.9. The molecule has 1 amide bonds. The molecule has 7 heteroatoms. The maximum absolute atomic E-state index is 12.1. The minimum atomic E-state index is -2.91. The molecule has 0 fully saturated rings.